The zero-order valence-corrected chi connectivity index (χ0v) is 9.24. The summed E-state index contributed by atoms with van der Waals surface area (Å²) in [6.45, 7) is 0.910. The average molecular weight is 211 g/mol. The maximum atomic E-state index is 11.0. The van der Waals surface area contributed by atoms with Crippen molar-refractivity contribution < 1.29 is 9.90 Å². The van der Waals surface area contributed by atoms with E-state index in [4.69, 9.17) is 5.11 Å². The lowest BCUT2D eigenvalue weighted by atomic mass is 9.89. The standard InChI is InChI=1S/C12H21NO2/c14-12(15)11(10-6-7-10)13-8-9-4-2-1-3-5-9/h9-11,13H,1-8H2,(H,14,15). The summed E-state index contributed by atoms with van der Waals surface area (Å²) in [4.78, 5) is 11.0. The van der Waals surface area contributed by atoms with Gasteiger partial charge in [-0.1, -0.05) is 19.3 Å². The molecular weight excluding hydrogens is 190 g/mol. The Morgan fingerprint density at radius 1 is 1.20 bits per heavy atom. The van der Waals surface area contributed by atoms with Gasteiger partial charge in [0.15, 0.2) is 0 Å². The van der Waals surface area contributed by atoms with E-state index in [1.54, 1.807) is 0 Å². The number of nitrogens with one attached hydrogen (secondary N) is 1. The Hall–Kier alpha value is -0.570. The van der Waals surface area contributed by atoms with Gasteiger partial charge >= 0.3 is 5.97 Å². The summed E-state index contributed by atoms with van der Waals surface area (Å²) in [6.07, 6.45) is 8.76. The summed E-state index contributed by atoms with van der Waals surface area (Å²) in [5.41, 5.74) is 0. The zero-order valence-electron chi connectivity index (χ0n) is 9.24. The monoisotopic (exact) mass is 211 g/mol. The van der Waals surface area contributed by atoms with E-state index in [2.05, 4.69) is 5.32 Å². The molecule has 1 unspecified atom stereocenters. The highest BCUT2D eigenvalue weighted by Crippen LogP contribution is 2.33. The summed E-state index contributed by atoms with van der Waals surface area (Å²) < 4.78 is 0. The number of rotatable bonds is 5. The molecule has 0 spiro atoms. The van der Waals surface area contributed by atoms with Crippen LogP contribution in [-0.2, 0) is 4.79 Å². The molecule has 1 atom stereocenters. The molecule has 2 saturated carbocycles. The lowest BCUT2D eigenvalue weighted by Gasteiger charge is -2.23. The molecule has 2 N–H and O–H groups in total. The van der Waals surface area contributed by atoms with Gasteiger partial charge in [0.2, 0.25) is 0 Å². The Morgan fingerprint density at radius 3 is 2.40 bits per heavy atom. The van der Waals surface area contributed by atoms with Crippen LogP contribution in [0, 0.1) is 11.8 Å². The molecule has 86 valence electrons. The fourth-order valence-electron chi connectivity index (χ4n) is 2.57. The van der Waals surface area contributed by atoms with Crippen molar-refractivity contribution in [2.75, 3.05) is 6.54 Å². The molecule has 0 aromatic heterocycles. The normalized spacial score (nSPS) is 25.1. The van der Waals surface area contributed by atoms with Crippen molar-refractivity contribution in [3.63, 3.8) is 0 Å². The lowest BCUT2D eigenvalue weighted by Crippen LogP contribution is -2.41. The van der Waals surface area contributed by atoms with Crippen LogP contribution >= 0.6 is 0 Å². The highest BCUT2D eigenvalue weighted by molar-refractivity contribution is 5.74. The smallest absolute Gasteiger partial charge is 0.320 e. The van der Waals surface area contributed by atoms with Gasteiger partial charge in [-0.05, 0) is 44.1 Å². The second-order valence-electron chi connectivity index (χ2n) is 5.07. The van der Waals surface area contributed by atoms with Crippen LogP contribution in [-0.4, -0.2) is 23.7 Å². The number of hydrogen-bond donors (Lipinski definition) is 2. The molecular formula is C12H21NO2. The van der Waals surface area contributed by atoms with Gasteiger partial charge in [-0.2, -0.15) is 0 Å². The van der Waals surface area contributed by atoms with Crippen molar-refractivity contribution in [1.82, 2.24) is 5.32 Å². The SMILES string of the molecule is O=C(O)C(NCC1CCCCC1)C1CC1. The van der Waals surface area contributed by atoms with Gasteiger partial charge in [0.05, 0.1) is 0 Å². The molecule has 15 heavy (non-hydrogen) atoms. The minimum absolute atomic E-state index is 0.271. The highest BCUT2D eigenvalue weighted by atomic mass is 16.4. The molecule has 2 aliphatic carbocycles. The molecule has 3 heteroatoms. The fourth-order valence-corrected chi connectivity index (χ4v) is 2.57. The maximum absolute atomic E-state index is 11.0. The van der Waals surface area contributed by atoms with E-state index >= 15 is 0 Å². The molecule has 0 aliphatic heterocycles. The third-order valence-electron chi connectivity index (χ3n) is 3.71. The number of carboxylic acids is 1. The predicted molar refractivity (Wildman–Crippen MR) is 58.7 cm³/mol. The van der Waals surface area contributed by atoms with E-state index in [9.17, 15) is 4.79 Å². The summed E-state index contributed by atoms with van der Waals surface area (Å²) in [5.74, 6) is 0.471. The van der Waals surface area contributed by atoms with Crippen LogP contribution in [0.25, 0.3) is 0 Å². The van der Waals surface area contributed by atoms with Crippen molar-refractivity contribution in [2.45, 2.75) is 51.0 Å². The highest BCUT2D eigenvalue weighted by Gasteiger charge is 2.36. The van der Waals surface area contributed by atoms with Gasteiger partial charge in [-0.3, -0.25) is 4.79 Å². The first kappa shape index (κ1) is 10.9. The third kappa shape index (κ3) is 3.20. The van der Waals surface area contributed by atoms with E-state index in [0.29, 0.717) is 5.92 Å². The Balaban J connectivity index is 1.72. The summed E-state index contributed by atoms with van der Waals surface area (Å²) in [7, 11) is 0. The predicted octanol–water partition coefficient (Wildman–Crippen LogP) is 2.02. The first-order valence-electron chi connectivity index (χ1n) is 6.23. The molecule has 0 bridgehead atoms. The molecule has 2 aliphatic rings. The van der Waals surface area contributed by atoms with Gasteiger partial charge in [0.25, 0.3) is 0 Å². The van der Waals surface area contributed by atoms with Crippen LogP contribution in [0.5, 0.6) is 0 Å². The second kappa shape index (κ2) is 4.97. The summed E-state index contributed by atoms with van der Waals surface area (Å²) >= 11 is 0. The molecule has 0 radical (unpaired) electrons. The molecule has 0 aromatic rings. The molecule has 2 fully saturated rings. The minimum atomic E-state index is -0.659. The number of carboxylic acid groups (broad SMARTS) is 1. The molecule has 0 amide bonds. The van der Waals surface area contributed by atoms with E-state index in [0.717, 1.165) is 25.3 Å². The Kier molecular flexibility index (Phi) is 3.62. The van der Waals surface area contributed by atoms with E-state index in [1.807, 2.05) is 0 Å². The van der Waals surface area contributed by atoms with Crippen molar-refractivity contribution in [3.8, 4) is 0 Å². The van der Waals surface area contributed by atoms with E-state index < -0.39 is 5.97 Å². The third-order valence-corrected chi connectivity index (χ3v) is 3.71. The van der Waals surface area contributed by atoms with E-state index in [-0.39, 0.29) is 6.04 Å². The van der Waals surface area contributed by atoms with Gasteiger partial charge in [0, 0.05) is 0 Å². The first-order chi connectivity index (χ1) is 7.27. The van der Waals surface area contributed by atoms with Crippen LogP contribution in [0.3, 0.4) is 0 Å². The zero-order chi connectivity index (χ0) is 10.7. The lowest BCUT2D eigenvalue weighted by molar-refractivity contribution is -0.140. The molecule has 2 rings (SSSR count). The number of carbonyl (C=O) groups is 1. The van der Waals surface area contributed by atoms with Crippen LogP contribution in [0.1, 0.15) is 44.9 Å². The van der Waals surface area contributed by atoms with Crippen molar-refractivity contribution in [1.29, 1.82) is 0 Å². The van der Waals surface area contributed by atoms with Crippen LogP contribution < -0.4 is 5.32 Å². The first-order valence-corrected chi connectivity index (χ1v) is 6.23. The summed E-state index contributed by atoms with van der Waals surface area (Å²) in [6, 6.07) is -0.271. The van der Waals surface area contributed by atoms with Gasteiger partial charge in [-0.15, -0.1) is 0 Å². The topological polar surface area (TPSA) is 49.3 Å². The molecule has 0 aromatic carbocycles. The average Bonchev–Trinajstić information content (AvgIpc) is 3.03. The number of hydrogen-bond acceptors (Lipinski definition) is 2. The summed E-state index contributed by atoms with van der Waals surface area (Å²) in [5, 5.41) is 12.3. The van der Waals surface area contributed by atoms with Gasteiger partial charge in [0.1, 0.15) is 6.04 Å². The van der Waals surface area contributed by atoms with Crippen LogP contribution in [0.2, 0.25) is 0 Å². The van der Waals surface area contributed by atoms with E-state index in [1.165, 1.54) is 32.1 Å². The number of aliphatic carboxylic acids is 1. The van der Waals surface area contributed by atoms with Crippen molar-refractivity contribution >= 4 is 5.97 Å². The van der Waals surface area contributed by atoms with Crippen molar-refractivity contribution in [2.24, 2.45) is 11.8 Å². The Bertz CT molecular complexity index is 220. The Morgan fingerprint density at radius 2 is 1.87 bits per heavy atom. The molecule has 3 nitrogen and oxygen atoms in total. The van der Waals surface area contributed by atoms with Crippen LogP contribution in [0.4, 0.5) is 0 Å². The quantitative estimate of drug-likeness (QED) is 0.731. The fraction of sp³-hybridized carbons (Fsp3) is 0.917. The van der Waals surface area contributed by atoms with Gasteiger partial charge < -0.3 is 10.4 Å². The second-order valence-corrected chi connectivity index (χ2v) is 5.07. The van der Waals surface area contributed by atoms with Crippen LogP contribution in [0.15, 0.2) is 0 Å². The van der Waals surface area contributed by atoms with Crippen molar-refractivity contribution in [3.05, 3.63) is 0 Å². The van der Waals surface area contributed by atoms with Gasteiger partial charge in [-0.25, -0.2) is 0 Å². The molecule has 0 saturated heterocycles. The molecule has 0 heterocycles. The minimum Gasteiger partial charge on any atom is -0.480 e. The largest absolute Gasteiger partial charge is 0.480 e. The Labute approximate surface area is 91.2 Å². The maximum Gasteiger partial charge on any atom is 0.320 e.